The van der Waals surface area contributed by atoms with Crippen LogP contribution in [0.2, 0.25) is 0 Å². The van der Waals surface area contributed by atoms with Crippen molar-refractivity contribution < 1.29 is 63.7 Å². The van der Waals surface area contributed by atoms with E-state index in [0.29, 0.717) is 28.8 Å². The lowest BCUT2D eigenvalue weighted by Gasteiger charge is -2.42. The highest BCUT2D eigenvalue weighted by Gasteiger charge is 2.75. The summed E-state index contributed by atoms with van der Waals surface area (Å²) in [5.41, 5.74) is -7.35. The van der Waals surface area contributed by atoms with E-state index in [-0.39, 0.29) is 47.1 Å². The number of carboxylic acid groups (broad SMARTS) is 1. The minimum absolute atomic E-state index is 0.0187. The van der Waals surface area contributed by atoms with Gasteiger partial charge in [-0.2, -0.15) is 39.5 Å². The first-order valence-electron chi connectivity index (χ1n) is 15.3. The molecule has 0 bridgehead atoms. The molecule has 2 heterocycles. The van der Waals surface area contributed by atoms with E-state index in [2.05, 4.69) is 4.98 Å². The second-order valence-corrected chi connectivity index (χ2v) is 12.6. The maximum Gasteiger partial charge on any atom is 0.433 e. The lowest BCUT2D eigenvalue weighted by Crippen LogP contribution is -2.54. The summed E-state index contributed by atoms with van der Waals surface area (Å²) in [5, 5.41) is 9.37. The van der Waals surface area contributed by atoms with Crippen LogP contribution in [-0.2, 0) is 17.5 Å². The van der Waals surface area contributed by atoms with Crippen molar-refractivity contribution >= 4 is 12.1 Å². The van der Waals surface area contributed by atoms with Crippen molar-refractivity contribution in [3.8, 4) is 28.0 Å². The van der Waals surface area contributed by atoms with Gasteiger partial charge in [0.25, 0.3) is 0 Å². The number of carbonyl (C=O) groups excluding carboxylic acids is 1. The number of amides is 1. The van der Waals surface area contributed by atoms with E-state index in [1.807, 2.05) is 0 Å². The Kier molecular flexibility index (Phi) is 8.26. The zero-order chi connectivity index (χ0) is 37.5. The molecule has 1 aliphatic heterocycles. The van der Waals surface area contributed by atoms with Gasteiger partial charge in [0.15, 0.2) is 5.60 Å². The zero-order valence-corrected chi connectivity index (χ0v) is 26.8. The Balaban J connectivity index is 1.49. The third-order valence-electron chi connectivity index (χ3n) is 9.74. The number of fused-ring (bicyclic) bond motifs is 1. The molecule has 2 aromatic carbocycles. The van der Waals surface area contributed by atoms with Crippen molar-refractivity contribution in [3.63, 3.8) is 0 Å². The quantitative estimate of drug-likeness (QED) is 0.255. The Bertz CT molecular complexity index is 2010. The summed E-state index contributed by atoms with van der Waals surface area (Å²) in [6, 6.07) is 10.8. The fraction of sp³-hybridized carbons (Fsp3) is 0.343. The molecule has 1 amide bonds. The molecule has 6 rings (SSSR count). The van der Waals surface area contributed by atoms with Crippen LogP contribution in [0.3, 0.4) is 0 Å². The third kappa shape index (κ3) is 5.97. The SMILES string of the molecule is COc1ccc(-c2ccc(C(=O)O)cc2C)cc1-c1ccc(C(F)(F)F)nc1CN1C(=O)OC2(C=C(C(F)(F)F)C=C(C(F)(F)F)C2C)C12CC2. The van der Waals surface area contributed by atoms with Crippen molar-refractivity contribution in [1.29, 1.82) is 0 Å². The summed E-state index contributed by atoms with van der Waals surface area (Å²) < 4.78 is 137. The van der Waals surface area contributed by atoms with Gasteiger partial charge in [-0.1, -0.05) is 25.1 Å². The summed E-state index contributed by atoms with van der Waals surface area (Å²) in [6.45, 7) is 1.88. The molecule has 2 atom stereocenters. The Labute approximate surface area is 284 Å². The molecule has 270 valence electrons. The number of aromatic carboxylic acids is 1. The normalized spacial score (nSPS) is 21.5. The molecule has 1 aromatic heterocycles. The highest BCUT2D eigenvalue weighted by atomic mass is 19.4. The van der Waals surface area contributed by atoms with Gasteiger partial charge in [-0.15, -0.1) is 0 Å². The van der Waals surface area contributed by atoms with Crippen LogP contribution >= 0.6 is 0 Å². The molecule has 2 unspecified atom stereocenters. The predicted molar refractivity (Wildman–Crippen MR) is 163 cm³/mol. The van der Waals surface area contributed by atoms with E-state index in [9.17, 15) is 54.2 Å². The lowest BCUT2D eigenvalue weighted by atomic mass is 9.71. The number of alkyl halides is 9. The number of aryl methyl sites for hydroxylation is 1. The largest absolute Gasteiger partial charge is 0.496 e. The number of ether oxygens (including phenoxy) is 2. The van der Waals surface area contributed by atoms with Crippen LogP contribution in [0.4, 0.5) is 44.3 Å². The second-order valence-electron chi connectivity index (χ2n) is 12.6. The molecule has 51 heavy (non-hydrogen) atoms. The van der Waals surface area contributed by atoms with Crippen molar-refractivity contribution in [2.24, 2.45) is 5.92 Å². The van der Waals surface area contributed by atoms with Crippen molar-refractivity contribution in [3.05, 3.63) is 94.3 Å². The van der Waals surface area contributed by atoms with Crippen molar-refractivity contribution in [2.45, 2.75) is 62.9 Å². The van der Waals surface area contributed by atoms with Crippen molar-refractivity contribution in [1.82, 2.24) is 9.88 Å². The van der Waals surface area contributed by atoms with E-state index in [0.717, 1.165) is 17.9 Å². The van der Waals surface area contributed by atoms with Crippen LogP contribution in [0.25, 0.3) is 22.3 Å². The molecule has 1 saturated carbocycles. The van der Waals surface area contributed by atoms with Gasteiger partial charge in [0, 0.05) is 22.6 Å². The topological polar surface area (TPSA) is 89.0 Å². The van der Waals surface area contributed by atoms with E-state index in [1.54, 1.807) is 25.1 Å². The van der Waals surface area contributed by atoms with Crippen LogP contribution in [0.5, 0.6) is 5.75 Å². The molecule has 16 heteroatoms. The Morgan fingerprint density at radius 3 is 2.16 bits per heavy atom. The molecule has 0 radical (unpaired) electrons. The van der Waals surface area contributed by atoms with Crippen LogP contribution in [-0.4, -0.2) is 57.7 Å². The summed E-state index contributed by atoms with van der Waals surface area (Å²) in [5.74, 6) is -2.81. The number of rotatable bonds is 6. The molecule has 2 spiro atoms. The summed E-state index contributed by atoms with van der Waals surface area (Å²) >= 11 is 0. The second kappa shape index (κ2) is 11.8. The molecule has 1 N–H and O–H groups in total. The molecule has 2 fully saturated rings. The summed E-state index contributed by atoms with van der Waals surface area (Å²) in [4.78, 5) is 29.7. The summed E-state index contributed by atoms with van der Waals surface area (Å²) in [6.07, 6.45) is -16.5. The van der Waals surface area contributed by atoms with E-state index >= 15 is 0 Å². The number of carboxylic acids is 1. The number of nitrogens with zero attached hydrogens (tertiary/aromatic N) is 2. The number of benzene rings is 2. The number of hydrogen-bond donors (Lipinski definition) is 1. The Morgan fingerprint density at radius 2 is 1.61 bits per heavy atom. The van der Waals surface area contributed by atoms with Gasteiger partial charge in [0.2, 0.25) is 0 Å². The van der Waals surface area contributed by atoms with E-state index in [4.69, 9.17) is 9.47 Å². The highest BCUT2D eigenvalue weighted by Crippen LogP contribution is 2.64. The van der Waals surface area contributed by atoms with Gasteiger partial charge in [0.1, 0.15) is 11.4 Å². The average molecular weight is 727 g/mol. The minimum Gasteiger partial charge on any atom is -0.496 e. The molecular weight excluding hydrogens is 699 g/mol. The molecule has 2 aliphatic carbocycles. The first-order chi connectivity index (χ1) is 23.6. The fourth-order valence-electron chi connectivity index (χ4n) is 7.12. The number of hydrogen-bond acceptors (Lipinski definition) is 5. The maximum atomic E-state index is 14.1. The number of methoxy groups -OCH3 is 1. The standard InChI is InChI=1S/C35H27F9N2O5/c1-17-12-20(29(47)48)4-6-22(17)19-5-8-27(50-3)24(13-19)23-7-9-28(35(42,43)44)45-26(23)16-46-30(49)51-32(31(46)10-11-31)15-21(33(36,37)38)14-25(18(32)2)34(39,40)41/h4-9,12-15,18H,10-11,16H2,1-3H3,(H,47,48). The van der Waals surface area contributed by atoms with Gasteiger partial charge in [0.05, 0.1) is 36.0 Å². The minimum atomic E-state index is -5.25. The van der Waals surface area contributed by atoms with Crippen LogP contribution < -0.4 is 4.74 Å². The summed E-state index contributed by atoms with van der Waals surface area (Å²) in [7, 11) is 1.30. The fourth-order valence-corrected chi connectivity index (χ4v) is 7.12. The van der Waals surface area contributed by atoms with Gasteiger partial charge in [-0.05, 0) is 78.9 Å². The molecule has 3 aliphatic rings. The van der Waals surface area contributed by atoms with E-state index < -0.39 is 71.0 Å². The number of aromatic nitrogens is 1. The van der Waals surface area contributed by atoms with Gasteiger partial charge < -0.3 is 14.6 Å². The monoisotopic (exact) mass is 726 g/mol. The van der Waals surface area contributed by atoms with Crippen LogP contribution in [0, 0.1) is 12.8 Å². The van der Waals surface area contributed by atoms with Crippen LogP contribution in [0.1, 0.15) is 47.1 Å². The van der Waals surface area contributed by atoms with Gasteiger partial charge >= 0.3 is 30.6 Å². The number of carbonyl (C=O) groups is 2. The lowest BCUT2D eigenvalue weighted by molar-refractivity contribution is -0.141. The Hall–Kier alpha value is -5.02. The molecule has 3 aromatic rings. The number of halogens is 9. The third-order valence-corrected chi connectivity index (χ3v) is 9.74. The average Bonchev–Trinajstić information content (AvgIpc) is 3.81. The van der Waals surface area contributed by atoms with Crippen molar-refractivity contribution in [2.75, 3.05) is 7.11 Å². The smallest absolute Gasteiger partial charge is 0.433 e. The molecule has 7 nitrogen and oxygen atoms in total. The first-order valence-corrected chi connectivity index (χ1v) is 15.3. The zero-order valence-electron chi connectivity index (χ0n) is 26.8. The van der Waals surface area contributed by atoms with E-state index in [1.165, 1.54) is 25.3 Å². The first kappa shape index (κ1) is 35.8. The van der Waals surface area contributed by atoms with Gasteiger partial charge in [-0.25, -0.2) is 14.6 Å². The maximum absolute atomic E-state index is 14.1. The number of allylic oxidation sites excluding steroid dienone is 2. The Morgan fingerprint density at radius 1 is 0.941 bits per heavy atom. The number of pyridine rings is 1. The molecular formula is C35H27F9N2O5. The van der Waals surface area contributed by atoms with Crippen LogP contribution in [0.15, 0.2) is 71.8 Å². The van der Waals surface area contributed by atoms with Gasteiger partial charge in [-0.3, -0.25) is 4.90 Å². The predicted octanol–water partition coefficient (Wildman–Crippen LogP) is 9.30. The molecule has 1 saturated heterocycles. The highest BCUT2D eigenvalue weighted by molar-refractivity contribution is 5.89.